The zero-order valence-corrected chi connectivity index (χ0v) is 15.2. The van der Waals surface area contributed by atoms with E-state index < -0.39 is 17.5 Å². The number of nitrogens with zero attached hydrogens (tertiary/aromatic N) is 3. The van der Waals surface area contributed by atoms with Crippen LogP contribution in [0.5, 0.6) is 0 Å². The van der Waals surface area contributed by atoms with Gasteiger partial charge in [-0.2, -0.15) is 0 Å². The van der Waals surface area contributed by atoms with Crippen LogP contribution < -0.4 is 4.90 Å². The minimum Gasteiger partial charge on any atom is -0.345 e. The van der Waals surface area contributed by atoms with Gasteiger partial charge in [0.25, 0.3) is 5.91 Å². The van der Waals surface area contributed by atoms with Crippen molar-refractivity contribution in [1.82, 2.24) is 9.88 Å². The largest absolute Gasteiger partial charge is 0.345 e. The normalized spacial score (nSPS) is 14.9. The summed E-state index contributed by atoms with van der Waals surface area (Å²) < 4.78 is 28.2. The van der Waals surface area contributed by atoms with Crippen LogP contribution >= 0.6 is 22.9 Å². The summed E-state index contributed by atoms with van der Waals surface area (Å²) in [5, 5.41) is 1.53. The molecule has 134 valence electrons. The number of anilines is 1. The van der Waals surface area contributed by atoms with Crippen LogP contribution in [0.15, 0.2) is 36.4 Å². The highest BCUT2D eigenvalue weighted by molar-refractivity contribution is 7.22. The summed E-state index contributed by atoms with van der Waals surface area (Å²) in [4.78, 5) is 20.7. The Balaban J connectivity index is 1.48. The maximum absolute atomic E-state index is 13.8. The Hall–Kier alpha value is -2.25. The maximum Gasteiger partial charge on any atom is 0.257 e. The van der Waals surface area contributed by atoms with E-state index in [0.717, 1.165) is 33.5 Å². The van der Waals surface area contributed by atoms with Crippen molar-refractivity contribution in [3.63, 3.8) is 0 Å². The van der Waals surface area contributed by atoms with Gasteiger partial charge in [0.2, 0.25) is 0 Å². The van der Waals surface area contributed by atoms with Crippen LogP contribution in [-0.2, 0) is 0 Å². The lowest BCUT2D eigenvalue weighted by molar-refractivity contribution is 0.0741. The predicted octanol–water partition coefficient (Wildman–Crippen LogP) is 4.19. The Morgan fingerprint density at radius 3 is 2.62 bits per heavy atom. The fourth-order valence-corrected chi connectivity index (χ4v) is 4.25. The third-order valence-electron chi connectivity index (χ3n) is 4.34. The smallest absolute Gasteiger partial charge is 0.257 e. The van der Waals surface area contributed by atoms with Crippen LogP contribution in [0.2, 0.25) is 5.02 Å². The van der Waals surface area contributed by atoms with E-state index in [0.29, 0.717) is 31.2 Å². The van der Waals surface area contributed by atoms with Crippen LogP contribution in [0, 0.1) is 11.6 Å². The van der Waals surface area contributed by atoms with Crippen LogP contribution in [-0.4, -0.2) is 42.0 Å². The molecule has 0 saturated carbocycles. The molecular formula is C18H14ClF2N3OS. The number of amides is 1. The Labute approximate surface area is 157 Å². The van der Waals surface area contributed by atoms with Gasteiger partial charge >= 0.3 is 0 Å². The lowest BCUT2D eigenvalue weighted by Gasteiger charge is -2.34. The molecule has 1 aliphatic heterocycles. The van der Waals surface area contributed by atoms with Gasteiger partial charge in [-0.05, 0) is 36.4 Å². The molecule has 0 atom stereocenters. The van der Waals surface area contributed by atoms with Crippen molar-refractivity contribution in [3.05, 3.63) is 58.6 Å². The minimum atomic E-state index is -0.707. The highest BCUT2D eigenvalue weighted by atomic mass is 35.5. The third-order valence-corrected chi connectivity index (χ3v) is 5.65. The Kier molecular flexibility index (Phi) is 4.50. The maximum atomic E-state index is 13.8. The highest BCUT2D eigenvalue weighted by Crippen LogP contribution is 2.31. The molecule has 3 aromatic rings. The van der Waals surface area contributed by atoms with Crippen molar-refractivity contribution in [2.24, 2.45) is 0 Å². The minimum absolute atomic E-state index is 0.229. The zero-order chi connectivity index (χ0) is 18.3. The number of piperazine rings is 1. The number of fused-ring (bicyclic) bond motifs is 1. The van der Waals surface area contributed by atoms with E-state index in [-0.39, 0.29) is 5.56 Å². The third kappa shape index (κ3) is 3.24. The Morgan fingerprint density at radius 2 is 1.85 bits per heavy atom. The standard InChI is InChI=1S/C18H14ClF2N3OS/c19-11-1-4-15-16(9-11)26-18(22-15)24-7-5-23(6-8-24)17(25)13-10-12(20)2-3-14(13)21/h1-4,9-10H,5-8H2. The van der Waals surface area contributed by atoms with Gasteiger partial charge in [0.15, 0.2) is 5.13 Å². The number of hydrogen-bond donors (Lipinski definition) is 0. The van der Waals surface area contributed by atoms with Crippen molar-refractivity contribution >= 4 is 44.2 Å². The molecule has 4 nitrogen and oxygen atoms in total. The average Bonchev–Trinajstić information content (AvgIpc) is 3.06. The number of carbonyl (C=O) groups excluding carboxylic acids is 1. The molecule has 0 bridgehead atoms. The highest BCUT2D eigenvalue weighted by Gasteiger charge is 2.25. The number of benzene rings is 2. The van der Waals surface area contributed by atoms with E-state index in [9.17, 15) is 13.6 Å². The van der Waals surface area contributed by atoms with Crippen LogP contribution in [0.25, 0.3) is 10.2 Å². The topological polar surface area (TPSA) is 36.4 Å². The fraction of sp³-hybridized carbons (Fsp3) is 0.222. The Bertz CT molecular complexity index is 986. The quantitative estimate of drug-likeness (QED) is 0.655. The van der Waals surface area contributed by atoms with Gasteiger partial charge in [-0.15, -0.1) is 0 Å². The van der Waals surface area contributed by atoms with Gasteiger partial charge < -0.3 is 9.80 Å². The number of halogens is 3. The molecular weight excluding hydrogens is 380 g/mol. The van der Waals surface area contributed by atoms with E-state index in [1.807, 2.05) is 12.1 Å². The zero-order valence-electron chi connectivity index (χ0n) is 13.6. The molecule has 0 unspecified atom stereocenters. The fourth-order valence-electron chi connectivity index (χ4n) is 2.95. The van der Waals surface area contributed by atoms with Gasteiger partial charge in [-0.3, -0.25) is 4.79 Å². The second-order valence-electron chi connectivity index (χ2n) is 6.01. The van der Waals surface area contributed by atoms with Gasteiger partial charge in [-0.25, -0.2) is 13.8 Å². The predicted molar refractivity (Wildman–Crippen MR) is 99.1 cm³/mol. The summed E-state index contributed by atoms with van der Waals surface area (Å²) in [7, 11) is 0. The van der Waals surface area contributed by atoms with Gasteiger partial charge in [0.05, 0.1) is 15.8 Å². The Morgan fingerprint density at radius 1 is 1.08 bits per heavy atom. The van der Waals surface area contributed by atoms with Crippen LogP contribution in [0.4, 0.5) is 13.9 Å². The first kappa shape index (κ1) is 17.2. The molecule has 1 aliphatic rings. The van der Waals surface area contributed by atoms with E-state index >= 15 is 0 Å². The molecule has 4 rings (SSSR count). The summed E-state index contributed by atoms with van der Waals surface area (Å²) in [5.74, 6) is -1.82. The number of rotatable bonds is 2. The lowest BCUT2D eigenvalue weighted by Crippen LogP contribution is -2.49. The van der Waals surface area contributed by atoms with Gasteiger partial charge in [0, 0.05) is 31.2 Å². The molecule has 1 saturated heterocycles. The van der Waals surface area contributed by atoms with Gasteiger partial charge in [-0.1, -0.05) is 22.9 Å². The molecule has 0 aliphatic carbocycles. The molecule has 0 N–H and O–H groups in total. The summed E-state index contributed by atoms with van der Waals surface area (Å²) in [6.45, 7) is 2.00. The van der Waals surface area contributed by atoms with Gasteiger partial charge in [0.1, 0.15) is 11.6 Å². The number of aromatic nitrogens is 1. The number of carbonyl (C=O) groups is 1. The lowest BCUT2D eigenvalue weighted by atomic mass is 10.1. The molecule has 8 heteroatoms. The number of hydrogen-bond acceptors (Lipinski definition) is 4. The van der Waals surface area contributed by atoms with E-state index in [1.165, 1.54) is 0 Å². The summed E-state index contributed by atoms with van der Waals surface area (Å²) in [6, 6.07) is 8.49. The van der Waals surface area contributed by atoms with E-state index in [2.05, 4.69) is 9.88 Å². The summed E-state index contributed by atoms with van der Waals surface area (Å²) in [6.07, 6.45) is 0. The van der Waals surface area contributed by atoms with Crippen LogP contribution in [0.1, 0.15) is 10.4 Å². The first-order valence-corrected chi connectivity index (χ1v) is 9.26. The van der Waals surface area contributed by atoms with Crippen molar-refractivity contribution in [2.45, 2.75) is 0 Å². The summed E-state index contributed by atoms with van der Waals surface area (Å²) >= 11 is 7.56. The molecule has 0 spiro atoms. The molecule has 2 aromatic carbocycles. The molecule has 26 heavy (non-hydrogen) atoms. The molecule has 1 amide bonds. The first-order valence-electron chi connectivity index (χ1n) is 8.06. The SMILES string of the molecule is O=C(c1cc(F)ccc1F)N1CCN(c2nc3ccc(Cl)cc3s2)CC1. The van der Waals surface area contributed by atoms with Crippen LogP contribution in [0.3, 0.4) is 0 Å². The van der Waals surface area contributed by atoms with E-state index in [4.69, 9.17) is 11.6 Å². The summed E-state index contributed by atoms with van der Waals surface area (Å²) in [5.41, 5.74) is 0.655. The van der Waals surface area contributed by atoms with Crippen molar-refractivity contribution in [3.8, 4) is 0 Å². The van der Waals surface area contributed by atoms with Crippen molar-refractivity contribution < 1.29 is 13.6 Å². The molecule has 0 radical (unpaired) electrons. The average molecular weight is 394 g/mol. The molecule has 1 aromatic heterocycles. The molecule has 2 heterocycles. The monoisotopic (exact) mass is 393 g/mol. The number of thiazole rings is 1. The van der Waals surface area contributed by atoms with Crippen molar-refractivity contribution in [2.75, 3.05) is 31.1 Å². The van der Waals surface area contributed by atoms with Crippen molar-refractivity contribution in [1.29, 1.82) is 0 Å². The second kappa shape index (κ2) is 6.81. The first-order chi connectivity index (χ1) is 12.5. The molecule has 1 fully saturated rings. The second-order valence-corrected chi connectivity index (χ2v) is 7.46. The van der Waals surface area contributed by atoms with E-state index in [1.54, 1.807) is 22.3 Å².